The van der Waals surface area contributed by atoms with Gasteiger partial charge in [0.1, 0.15) is 6.61 Å². The fraction of sp³-hybridized carbons (Fsp3) is 0.417. The first kappa shape index (κ1) is 17.9. The van der Waals surface area contributed by atoms with Gasteiger partial charge in [0.15, 0.2) is 5.75 Å². The molecule has 0 bridgehead atoms. The maximum absolute atomic E-state index is 12.3. The van der Waals surface area contributed by atoms with Crippen LogP contribution in [-0.2, 0) is 4.79 Å². The third-order valence-corrected chi connectivity index (χ3v) is 2.93. The molecule has 0 spiro atoms. The van der Waals surface area contributed by atoms with Crippen LogP contribution in [0.4, 0.5) is 13.2 Å². The molecule has 0 heterocycles. The van der Waals surface area contributed by atoms with E-state index in [4.69, 9.17) is 33.0 Å². The van der Waals surface area contributed by atoms with E-state index in [1.54, 1.807) is 6.07 Å². The van der Waals surface area contributed by atoms with Crippen molar-refractivity contribution in [3.8, 4) is 5.75 Å². The monoisotopic (exact) mass is 345 g/mol. The summed E-state index contributed by atoms with van der Waals surface area (Å²) in [7, 11) is 0. The lowest BCUT2D eigenvalue weighted by molar-refractivity contribution is -0.154. The van der Waals surface area contributed by atoms with Crippen molar-refractivity contribution in [2.45, 2.75) is 6.18 Å². The number of benzene rings is 1. The molecule has 21 heavy (non-hydrogen) atoms. The van der Waals surface area contributed by atoms with Crippen LogP contribution in [0.15, 0.2) is 18.2 Å². The van der Waals surface area contributed by atoms with E-state index in [-0.39, 0.29) is 28.9 Å². The molecule has 0 radical (unpaired) electrons. The Kier molecular flexibility index (Phi) is 6.57. The second kappa shape index (κ2) is 7.72. The number of halogens is 5. The largest absolute Gasteiger partial charge is 0.489 e. The van der Waals surface area contributed by atoms with Gasteiger partial charge in [-0.3, -0.25) is 9.69 Å². The number of aliphatic carboxylic acids is 1. The van der Waals surface area contributed by atoms with Crippen LogP contribution >= 0.6 is 23.2 Å². The smallest absolute Gasteiger partial charge is 0.401 e. The molecular weight excluding hydrogens is 334 g/mol. The Morgan fingerprint density at radius 3 is 2.33 bits per heavy atom. The van der Waals surface area contributed by atoms with Gasteiger partial charge in [-0.1, -0.05) is 29.3 Å². The van der Waals surface area contributed by atoms with Crippen molar-refractivity contribution < 1.29 is 27.8 Å². The van der Waals surface area contributed by atoms with Gasteiger partial charge in [0, 0.05) is 6.54 Å². The van der Waals surface area contributed by atoms with E-state index in [2.05, 4.69) is 0 Å². The van der Waals surface area contributed by atoms with E-state index in [0.717, 1.165) is 0 Å². The molecule has 0 unspecified atom stereocenters. The van der Waals surface area contributed by atoms with Crippen LogP contribution in [0, 0.1) is 0 Å². The zero-order valence-electron chi connectivity index (χ0n) is 10.7. The fourth-order valence-electron chi connectivity index (χ4n) is 1.56. The summed E-state index contributed by atoms with van der Waals surface area (Å²) in [6, 6.07) is 4.64. The van der Waals surface area contributed by atoms with Crippen molar-refractivity contribution in [1.82, 2.24) is 4.90 Å². The van der Waals surface area contributed by atoms with Gasteiger partial charge in [-0.2, -0.15) is 13.2 Å². The number of ether oxygens (including phenoxy) is 1. The summed E-state index contributed by atoms with van der Waals surface area (Å²) < 4.78 is 42.2. The molecule has 0 amide bonds. The highest BCUT2D eigenvalue weighted by atomic mass is 35.5. The molecular formula is C12H12Cl2F3NO3. The molecule has 0 fully saturated rings. The summed E-state index contributed by atoms with van der Waals surface area (Å²) in [5.74, 6) is -1.20. The maximum atomic E-state index is 12.3. The van der Waals surface area contributed by atoms with Gasteiger partial charge in [-0.15, -0.1) is 0 Å². The highest BCUT2D eigenvalue weighted by Gasteiger charge is 2.31. The first-order chi connectivity index (χ1) is 9.69. The summed E-state index contributed by atoms with van der Waals surface area (Å²) in [6.45, 7) is -2.47. The highest BCUT2D eigenvalue weighted by Crippen LogP contribution is 2.32. The number of hydrogen-bond donors (Lipinski definition) is 1. The lowest BCUT2D eigenvalue weighted by Crippen LogP contribution is -2.40. The van der Waals surface area contributed by atoms with Gasteiger partial charge in [-0.05, 0) is 12.1 Å². The first-order valence-corrected chi connectivity index (χ1v) is 6.52. The maximum Gasteiger partial charge on any atom is 0.401 e. The number of carbonyl (C=O) groups is 1. The van der Waals surface area contributed by atoms with Crippen molar-refractivity contribution in [2.75, 3.05) is 26.2 Å². The number of alkyl halides is 3. The van der Waals surface area contributed by atoms with Crippen molar-refractivity contribution in [3.63, 3.8) is 0 Å². The molecule has 9 heteroatoms. The second-order valence-corrected chi connectivity index (χ2v) is 4.93. The van der Waals surface area contributed by atoms with Crippen LogP contribution in [-0.4, -0.2) is 48.4 Å². The molecule has 0 aromatic heterocycles. The molecule has 0 saturated carbocycles. The minimum Gasteiger partial charge on any atom is -0.489 e. The van der Waals surface area contributed by atoms with E-state index in [9.17, 15) is 18.0 Å². The van der Waals surface area contributed by atoms with Gasteiger partial charge >= 0.3 is 12.1 Å². The zero-order chi connectivity index (χ0) is 16.0. The molecule has 0 aliphatic heterocycles. The zero-order valence-corrected chi connectivity index (χ0v) is 12.2. The molecule has 1 N–H and O–H groups in total. The van der Waals surface area contributed by atoms with Gasteiger partial charge in [0.2, 0.25) is 0 Å². The van der Waals surface area contributed by atoms with Crippen LogP contribution in [0.25, 0.3) is 0 Å². The molecule has 0 saturated heterocycles. The minimum atomic E-state index is -4.49. The Bertz CT molecular complexity index is 477. The van der Waals surface area contributed by atoms with Crippen LogP contribution in [0.2, 0.25) is 10.0 Å². The second-order valence-electron chi connectivity index (χ2n) is 4.12. The SMILES string of the molecule is O=C(O)CN(CCOc1c(Cl)cccc1Cl)CC(F)(F)F. The van der Waals surface area contributed by atoms with Crippen molar-refractivity contribution in [2.24, 2.45) is 0 Å². The fourth-order valence-corrected chi connectivity index (χ4v) is 2.06. The molecule has 0 aliphatic carbocycles. The lowest BCUT2D eigenvalue weighted by atomic mass is 10.3. The van der Waals surface area contributed by atoms with Crippen LogP contribution in [0.1, 0.15) is 0 Å². The predicted octanol–water partition coefficient (Wildman–Crippen LogP) is 3.32. The number of hydrogen-bond acceptors (Lipinski definition) is 3. The summed E-state index contributed by atoms with van der Waals surface area (Å²) in [5.41, 5.74) is 0. The molecule has 1 rings (SSSR count). The summed E-state index contributed by atoms with van der Waals surface area (Å²) >= 11 is 11.7. The van der Waals surface area contributed by atoms with Crippen molar-refractivity contribution in [1.29, 1.82) is 0 Å². The van der Waals surface area contributed by atoms with E-state index in [0.29, 0.717) is 4.90 Å². The number of nitrogens with zero attached hydrogens (tertiary/aromatic N) is 1. The van der Waals surface area contributed by atoms with Crippen LogP contribution in [0.5, 0.6) is 5.75 Å². The Morgan fingerprint density at radius 2 is 1.86 bits per heavy atom. The Morgan fingerprint density at radius 1 is 1.29 bits per heavy atom. The minimum absolute atomic E-state index is 0.156. The molecule has 0 aliphatic rings. The molecule has 4 nitrogen and oxygen atoms in total. The highest BCUT2D eigenvalue weighted by molar-refractivity contribution is 6.37. The standard InChI is InChI=1S/C12H12Cl2F3NO3/c13-8-2-1-3-9(14)11(8)21-5-4-18(6-10(19)20)7-12(15,16)17/h1-3H,4-7H2,(H,19,20). The Labute approximate surface area is 129 Å². The average molecular weight is 346 g/mol. The molecule has 118 valence electrons. The van der Waals surface area contributed by atoms with Gasteiger partial charge < -0.3 is 9.84 Å². The van der Waals surface area contributed by atoms with Crippen molar-refractivity contribution >= 4 is 29.2 Å². The van der Waals surface area contributed by atoms with Crippen LogP contribution < -0.4 is 4.74 Å². The predicted molar refractivity (Wildman–Crippen MR) is 72.1 cm³/mol. The number of rotatable bonds is 7. The van der Waals surface area contributed by atoms with Gasteiger partial charge in [-0.25, -0.2) is 0 Å². The van der Waals surface area contributed by atoms with E-state index in [1.165, 1.54) is 12.1 Å². The van der Waals surface area contributed by atoms with Crippen molar-refractivity contribution in [3.05, 3.63) is 28.2 Å². The van der Waals surface area contributed by atoms with E-state index >= 15 is 0 Å². The topological polar surface area (TPSA) is 49.8 Å². The lowest BCUT2D eigenvalue weighted by Gasteiger charge is -2.22. The summed E-state index contributed by atoms with van der Waals surface area (Å²) in [5, 5.41) is 9.04. The molecule has 1 aromatic rings. The third-order valence-electron chi connectivity index (χ3n) is 2.33. The van der Waals surface area contributed by atoms with Gasteiger partial charge in [0.25, 0.3) is 0 Å². The Hall–Kier alpha value is -1.18. The van der Waals surface area contributed by atoms with E-state index < -0.39 is 25.2 Å². The Balaban J connectivity index is 2.59. The molecule has 0 atom stereocenters. The number of carboxylic acids is 1. The van der Waals surface area contributed by atoms with Gasteiger partial charge in [0.05, 0.1) is 23.1 Å². The van der Waals surface area contributed by atoms with E-state index in [1.807, 2.05) is 0 Å². The number of carboxylic acid groups (broad SMARTS) is 1. The quantitative estimate of drug-likeness (QED) is 0.823. The average Bonchev–Trinajstić information content (AvgIpc) is 2.30. The third kappa shape index (κ3) is 6.88. The molecule has 1 aromatic carbocycles. The normalized spacial score (nSPS) is 11.7. The summed E-state index contributed by atoms with van der Waals surface area (Å²) in [6.07, 6.45) is -4.49. The number of para-hydroxylation sites is 1. The summed E-state index contributed by atoms with van der Waals surface area (Å²) in [4.78, 5) is 11.3. The first-order valence-electron chi connectivity index (χ1n) is 5.77. The van der Waals surface area contributed by atoms with Crippen LogP contribution in [0.3, 0.4) is 0 Å².